The fourth-order valence-corrected chi connectivity index (χ4v) is 4.51. The molecule has 0 saturated carbocycles. The number of benzene rings is 2. The van der Waals surface area contributed by atoms with E-state index in [1.165, 1.54) is 11.6 Å². The van der Waals surface area contributed by atoms with Gasteiger partial charge in [0.1, 0.15) is 11.4 Å². The average Bonchev–Trinajstić information content (AvgIpc) is 3.05. The summed E-state index contributed by atoms with van der Waals surface area (Å²) in [5, 5.41) is 5.03. The average molecular weight is 464 g/mol. The molecule has 0 radical (unpaired) electrons. The van der Waals surface area contributed by atoms with Gasteiger partial charge in [-0.2, -0.15) is 0 Å². The Morgan fingerprint density at radius 1 is 1.15 bits per heavy atom. The first-order valence-electron chi connectivity index (χ1n) is 11.6. The largest absolute Gasteiger partial charge is 0.379 e. The molecule has 0 aliphatic carbocycles. The van der Waals surface area contributed by atoms with Crippen molar-refractivity contribution in [3.8, 4) is 0 Å². The minimum atomic E-state index is -1.12. The number of pyridine rings is 1. The molecule has 2 heterocycles. The summed E-state index contributed by atoms with van der Waals surface area (Å²) >= 11 is 0. The second-order valence-corrected chi connectivity index (χ2v) is 9.35. The number of amides is 2. The Hall–Kier alpha value is -3.32. The molecular weight excluding hydrogens is 433 g/mol. The number of hydrogen-bond donors (Lipinski definition) is 1. The van der Waals surface area contributed by atoms with Crippen molar-refractivity contribution in [1.82, 2.24) is 15.2 Å². The molecule has 1 N–H and O–H groups in total. The van der Waals surface area contributed by atoms with Gasteiger partial charge in [0, 0.05) is 36.8 Å². The highest BCUT2D eigenvalue weighted by Gasteiger charge is 2.35. The van der Waals surface area contributed by atoms with Crippen molar-refractivity contribution >= 4 is 22.6 Å². The summed E-state index contributed by atoms with van der Waals surface area (Å²) in [6.07, 6.45) is 4.29. The molecule has 1 aliphatic rings. The third-order valence-electron chi connectivity index (χ3n) is 6.20. The van der Waals surface area contributed by atoms with Crippen LogP contribution in [0.1, 0.15) is 25.0 Å². The molecule has 2 amide bonds. The molecule has 2 aromatic carbocycles. The Morgan fingerprint density at radius 2 is 1.94 bits per heavy atom. The molecule has 0 bridgehead atoms. The van der Waals surface area contributed by atoms with Crippen LogP contribution in [0.25, 0.3) is 10.8 Å². The van der Waals surface area contributed by atoms with Crippen molar-refractivity contribution in [1.29, 1.82) is 0 Å². The highest BCUT2D eigenvalue weighted by molar-refractivity contribution is 5.91. The predicted molar refractivity (Wildman–Crippen MR) is 129 cm³/mol. The van der Waals surface area contributed by atoms with E-state index in [1.54, 1.807) is 43.1 Å². The van der Waals surface area contributed by atoms with E-state index in [1.807, 2.05) is 18.3 Å². The number of nitrogens with one attached hydrogen (secondary N) is 1. The third-order valence-corrected chi connectivity index (χ3v) is 6.20. The summed E-state index contributed by atoms with van der Waals surface area (Å²) in [4.78, 5) is 32.0. The Kier molecular flexibility index (Phi) is 7.22. The fraction of sp³-hybridized carbons (Fsp3) is 0.370. The summed E-state index contributed by atoms with van der Waals surface area (Å²) in [5.41, 5.74) is 0.350. The molecule has 1 atom stereocenters. The Balaban J connectivity index is 1.43. The van der Waals surface area contributed by atoms with E-state index >= 15 is 0 Å². The van der Waals surface area contributed by atoms with Gasteiger partial charge in [-0.25, -0.2) is 4.39 Å². The molecule has 1 unspecified atom stereocenters. The monoisotopic (exact) mass is 463 g/mol. The topological polar surface area (TPSA) is 71.5 Å². The maximum absolute atomic E-state index is 13.9. The number of ether oxygens (including phenoxy) is 1. The van der Waals surface area contributed by atoms with Gasteiger partial charge < -0.3 is 15.0 Å². The van der Waals surface area contributed by atoms with Crippen molar-refractivity contribution in [3.05, 3.63) is 77.9 Å². The normalized spacial score (nSPS) is 16.8. The third kappa shape index (κ3) is 5.59. The van der Waals surface area contributed by atoms with Gasteiger partial charge in [-0.1, -0.05) is 36.4 Å². The molecule has 6 nitrogen and oxygen atoms in total. The van der Waals surface area contributed by atoms with Crippen molar-refractivity contribution in [2.24, 2.45) is 5.92 Å². The van der Waals surface area contributed by atoms with Crippen LogP contribution in [0.15, 0.2) is 60.9 Å². The van der Waals surface area contributed by atoms with E-state index in [2.05, 4.69) is 22.4 Å². The van der Waals surface area contributed by atoms with Crippen molar-refractivity contribution in [3.63, 3.8) is 0 Å². The minimum absolute atomic E-state index is 0.113. The van der Waals surface area contributed by atoms with E-state index in [0.29, 0.717) is 31.9 Å². The summed E-state index contributed by atoms with van der Waals surface area (Å²) in [6.45, 7) is 5.36. The Morgan fingerprint density at radius 3 is 2.76 bits per heavy atom. The van der Waals surface area contributed by atoms with Crippen LogP contribution < -0.4 is 5.32 Å². The summed E-state index contributed by atoms with van der Waals surface area (Å²) in [6, 6.07) is 14.3. The number of carbonyl (C=O) groups is 2. The number of hydrogen-bond acceptors (Lipinski definition) is 4. The van der Waals surface area contributed by atoms with Crippen LogP contribution in [0.4, 0.5) is 4.39 Å². The second-order valence-electron chi connectivity index (χ2n) is 9.35. The lowest BCUT2D eigenvalue weighted by atomic mass is 9.95. The standard InChI is InChI=1S/C27H30FN3O3/c1-27(2,30-25(32)15-22-6-3-4-9-24(22)28)26(33)31-12-13-34-18-19(17-31)14-21-8-5-7-20-10-11-29-16-23(20)21/h3-11,16,19H,12-15,17-18H2,1-2H3,(H,30,32). The molecule has 178 valence electrons. The summed E-state index contributed by atoms with van der Waals surface area (Å²) in [7, 11) is 0. The van der Waals surface area contributed by atoms with Gasteiger partial charge in [-0.05, 0) is 48.9 Å². The number of halogens is 1. The summed E-state index contributed by atoms with van der Waals surface area (Å²) < 4.78 is 19.7. The van der Waals surface area contributed by atoms with Gasteiger partial charge in [-0.15, -0.1) is 0 Å². The van der Waals surface area contributed by atoms with Crippen LogP contribution in [-0.2, 0) is 27.2 Å². The first-order chi connectivity index (χ1) is 16.3. The molecule has 34 heavy (non-hydrogen) atoms. The molecule has 1 aliphatic heterocycles. The molecule has 7 heteroatoms. The zero-order valence-corrected chi connectivity index (χ0v) is 19.6. The van der Waals surface area contributed by atoms with E-state index in [0.717, 1.165) is 17.2 Å². The molecule has 3 aromatic rings. The van der Waals surface area contributed by atoms with Gasteiger partial charge in [0.05, 0.1) is 19.6 Å². The lowest BCUT2D eigenvalue weighted by Crippen LogP contribution is -2.57. The second kappa shape index (κ2) is 10.3. The minimum Gasteiger partial charge on any atom is -0.379 e. The van der Waals surface area contributed by atoms with Crippen molar-refractivity contribution in [2.45, 2.75) is 32.2 Å². The quantitative estimate of drug-likeness (QED) is 0.607. The zero-order chi connectivity index (χ0) is 24.1. The van der Waals surface area contributed by atoms with Crippen molar-refractivity contribution in [2.75, 3.05) is 26.3 Å². The molecule has 1 fully saturated rings. The SMILES string of the molecule is CC(C)(NC(=O)Cc1ccccc1F)C(=O)N1CCOCC(Cc2cccc3ccncc23)C1. The molecule has 0 spiro atoms. The van der Waals surface area contributed by atoms with Crippen LogP contribution in [0, 0.1) is 11.7 Å². The smallest absolute Gasteiger partial charge is 0.247 e. The van der Waals surface area contributed by atoms with Crippen LogP contribution in [0.2, 0.25) is 0 Å². The lowest BCUT2D eigenvalue weighted by Gasteiger charge is -2.33. The lowest BCUT2D eigenvalue weighted by molar-refractivity contribution is -0.140. The Labute approximate surface area is 199 Å². The maximum Gasteiger partial charge on any atom is 0.247 e. The van der Waals surface area contributed by atoms with Gasteiger partial charge >= 0.3 is 0 Å². The molecule has 4 rings (SSSR count). The van der Waals surface area contributed by atoms with Crippen LogP contribution in [0.5, 0.6) is 0 Å². The van der Waals surface area contributed by atoms with Crippen LogP contribution in [-0.4, -0.2) is 53.5 Å². The zero-order valence-electron chi connectivity index (χ0n) is 19.6. The molecule has 1 aromatic heterocycles. The first-order valence-corrected chi connectivity index (χ1v) is 11.6. The first kappa shape index (κ1) is 23.8. The van der Waals surface area contributed by atoms with Crippen LogP contribution >= 0.6 is 0 Å². The number of carbonyl (C=O) groups excluding carboxylic acids is 2. The number of nitrogens with zero attached hydrogens (tertiary/aromatic N) is 2. The van der Waals surface area contributed by atoms with E-state index in [-0.39, 0.29) is 18.2 Å². The van der Waals surface area contributed by atoms with Gasteiger partial charge in [0.15, 0.2) is 0 Å². The number of rotatable bonds is 6. The van der Waals surface area contributed by atoms with E-state index in [9.17, 15) is 14.0 Å². The predicted octanol–water partition coefficient (Wildman–Crippen LogP) is 3.53. The highest BCUT2D eigenvalue weighted by atomic mass is 19.1. The number of fused-ring (bicyclic) bond motifs is 1. The molecule has 1 saturated heterocycles. The fourth-order valence-electron chi connectivity index (χ4n) is 4.51. The van der Waals surface area contributed by atoms with Gasteiger partial charge in [0.25, 0.3) is 0 Å². The number of aromatic nitrogens is 1. The van der Waals surface area contributed by atoms with Crippen molar-refractivity contribution < 1.29 is 18.7 Å². The Bertz CT molecular complexity index is 1180. The van der Waals surface area contributed by atoms with Gasteiger partial charge in [-0.3, -0.25) is 14.6 Å². The molecular formula is C27H30FN3O3. The summed E-state index contributed by atoms with van der Waals surface area (Å²) in [5.74, 6) is -0.890. The van der Waals surface area contributed by atoms with Crippen LogP contribution in [0.3, 0.4) is 0 Å². The van der Waals surface area contributed by atoms with E-state index < -0.39 is 17.3 Å². The van der Waals surface area contributed by atoms with Gasteiger partial charge in [0.2, 0.25) is 11.8 Å². The van der Waals surface area contributed by atoms with E-state index in [4.69, 9.17) is 4.74 Å². The highest BCUT2D eigenvalue weighted by Crippen LogP contribution is 2.23. The maximum atomic E-state index is 13.9.